The van der Waals surface area contributed by atoms with Crippen molar-refractivity contribution >= 4 is 12.6 Å². The van der Waals surface area contributed by atoms with E-state index in [0.29, 0.717) is 12.1 Å². The lowest BCUT2D eigenvalue weighted by molar-refractivity contribution is 0.737. The van der Waals surface area contributed by atoms with Crippen LogP contribution >= 0.6 is 0 Å². The highest BCUT2D eigenvalue weighted by Gasteiger charge is 2.20. The topological polar surface area (TPSA) is 36.8 Å². The smallest absolute Gasteiger partial charge is 0.0967 e. The van der Waals surface area contributed by atoms with E-state index < -0.39 is 0 Å². The summed E-state index contributed by atoms with van der Waals surface area (Å²) in [5.74, 6) is 0. The third kappa shape index (κ3) is 1.67. The molecule has 0 saturated carbocycles. The summed E-state index contributed by atoms with van der Waals surface area (Å²) in [4.78, 5) is 8.12. The Balaban J connectivity index is 0.000000281. The lowest BCUT2D eigenvalue weighted by atomic mass is 10.1. The van der Waals surface area contributed by atoms with Crippen LogP contribution in [0, 0.1) is 0 Å². The van der Waals surface area contributed by atoms with E-state index in [-0.39, 0.29) is 0 Å². The van der Waals surface area contributed by atoms with Crippen molar-refractivity contribution in [1.29, 1.82) is 0 Å². The van der Waals surface area contributed by atoms with E-state index >= 15 is 0 Å². The van der Waals surface area contributed by atoms with Crippen molar-refractivity contribution < 1.29 is 0 Å². The van der Waals surface area contributed by atoms with E-state index in [0.717, 1.165) is 0 Å². The first kappa shape index (κ1) is 7.98. The maximum absolute atomic E-state index is 4.14. The molecule has 0 aromatic carbocycles. The summed E-state index contributed by atoms with van der Waals surface area (Å²) in [6.45, 7) is 4.00. The Morgan fingerprint density at radius 3 is 2.91 bits per heavy atom. The molecule has 2 atom stereocenters. The Morgan fingerprint density at radius 2 is 2.18 bits per heavy atom. The molecule has 0 bridgehead atoms. The second-order valence-electron chi connectivity index (χ2n) is 2.10. The van der Waals surface area contributed by atoms with E-state index in [9.17, 15) is 0 Å². The molecule has 0 aromatic rings. The van der Waals surface area contributed by atoms with Crippen LogP contribution in [0.15, 0.2) is 22.3 Å². The zero-order chi connectivity index (χ0) is 8.10. The van der Waals surface area contributed by atoms with Gasteiger partial charge in [0.1, 0.15) is 0 Å². The molecule has 2 rings (SSSR count). The molecule has 2 heterocycles. The minimum Gasteiger partial charge on any atom is -0.366 e. The minimum atomic E-state index is 0.294. The average Bonchev–Trinajstić information content (AvgIpc) is 2.55. The van der Waals surface area contributed by atoms with Crippen molar-refractivity contribution in [2.24, 2.45) is 9.98 Å². The second-order valence-corrected chi connectivity index (χ2v) is 2.10. The van der Waals surface area contributed by atoms with Crippen LogP contribution < -0.4 is 5.32 Å². The molecular formula is C8H13N3. The molecule has 3 nitrogen and oxygen atoms in total. The Morgan fingerprint density at radius 1 is 1.36 bits per heavy atom. The molecule has 0 spiro atoms. The van der Waals surface area contributed by atoms with Gasteiger partial charge in [0.25, 0.3) is 0 Å². The van der Waals surface area contributed by atoms with Gasteiger partial charge in [-0.25, -0.2) is 0 Å². The van der Waals surface area contributed by atoms with Gasteiger partial charge in [0.15, 0.2) is 0 Å². The lowest BCUT2D eigenvalue weighted by Crippen LogP contribution is -2.33. The Bertz CT molecular complexity index is 194. The number of nitrogens with one attached hydrogen (secondary N) is 1. The molecule has 2 unspecified atom stereocenters. The first-order valence-electron chi connectivity index (χ1n) is 3.94. The van der Waals surface area contributed by atoms with Gasteiger partial charge >= 0.3 is 0 Å². The largest absolute Gasteiger partial charge is 0.366 e. The minimum absolute atomic E-state index is 0.294. The van der Waals surface area contributed by atoms with Gasteiger partial charge in [-0.1, -0.05) is 13.8 Å². The van der Waals surface area contributed by atoms with Gasteiger partial charge in [-0.15, -0.1) is 0 Å². The monoisotopic (exact) mass is 151 g/mol. The van der Waals surface area contributed by atoms with Gasteiger partial charge in [-0.05, 0) is 6.08 Å². The number of nitrogens with zero attached hydrogens (tertiary/aromatic N) is 2. The SMILES string of the molecule is C1=CC2N=CNC2C=N1.CC. The third-order valence-electron chi connectivity index (χ3n) is 1.50. The van der Waals surface area contributed by atoms with Crippen LogP contribution in [0.25, 0.3) is 0 Å². The molecule has 2 aliphatic rings. The molecule has 0 saturated heterocycles. The number of hydrogen-bond donors (Lipinski definition) is 1. The van der Waals surface area contributed by atoms with Crippen molar-refractivity contribution in [3.8, 4) is 0 Å². The van der Waals surface area contributed by atoms with Gasteiger partial charge in [0.05, 0.1) is 18.4 Å². The van der Waals surface area contributed by atoms with E-state index in [1.54, 1.807) is 12.5 Å². The van der Waals surface area contributed by atoms with Gasteiger partial charge in [-0.2, -0.15) is 0 Å². The van der Waals surface area contributed by atoms with Crippen LogP contribution in [0.5, 0.6) is 0 Å². The standard InChI is InChI=1S/C6H7N3.C2H6/c1-2-7-3-6-5(1)8-4-9-6;1-2/h1-6H,(H,8,9);1-2H3. The first-order chi connectivity index (χ1) is 5.47. The number of aliphatic imine (C=N–C) groups is 2. The average molecular weight is 151 g/mol. The van der Waals surface area contributed by atoms with Crippen LogP contribution in [0.2, 0.25) is 0 Å². The van der Waals surface area contributed by atoms with Gasteiger partial charge < -0.3 is 5.32 Å². The molecule has 3 heteroatoms. The quantitative estimate of drug-likeness (QED) is 0.550. The summed E-state index contributed by atoms with van der Waals surface area (Å²) in [7, 11) is 0. The highest BCUT2D eigenvalue weighted by Crippen LogP contribution is 2.07. The van der Waals surface area contributed by atoms with Crippen LogP contribution in [-0.4, -0.2) is 24.6 Å². The molecule has 60 valence electrons. The third-order valence-corrected chi connectivity index (χ3v) is 1.50. The van der Waals surface area contributed by atoms with Crippen LogP contribution in [-0.2, 0) is 0 Å². The fourth-order valence-electron chi connectivity index (χ4n) is 0.987. The zero-order valence-corrected chi connectivity index (χ0v) is 6.86. The van der Waals surface area contributed by atoms with Crippen LogP contribution in [0.3, 0.4) is 0 Å². The second kappa shape index (κ2) is 3.91. The normalized spacial score (nSPS) is 30.4. The summed E-state index contributed by atoms with van der Waals surface area (Å²) in [6.07, 6.45) is 7.38. The Hall–Kier alpha value is -1.12. The maximum Gasteiger partial charge on any atom is 0.0967 e. The molecule has 0 aliphatic carbocycles. The maximum atomic E-state index is 4.14. The molecule has 0 radical (unpaired) electrons. The van der Waals surface area contributed by atoms with E-state index in [1.165, 1.54) is 0 Å². The van der Waals surface area contributed by atoms with E-state index in [1.807, 2.05) is 26.1 Å². The number of rotatable bonds is 0. The molecule has 2 aliphatic heterocycles. The summed E-state index contributed by atoms with van der Waals surface area (Å²) < 4.78 is 0. The summed E-state index contributed by atoms with van der Waals surface area (Å²) in [6, 6.07) is 0.609. The molecule has 0 aromatic heterocycles. The van der Waals surface area contributed by atoms with Gasteiger partial charge in [0, 0.05) is 12.4 Å². The van der Waals surface area contributed by atoms with Crippen molar-refractivity contribution in [2.45, 2.75) is 25.9 Å². The molecule has 1 N–H and O–H groups in total. The predicted molar refractivity (Wildman–Crippen MR) is 48.2 cm³/mol. The van der Waals surface area contributed by atoms with Crippen molar-refractivity contribution in [2.75, 3.05) is 0 Å². The van der Waals surface area contributed by atoms with Gasteiger partial charge in [-0.3, -0.25) is 9.98 Å². The molecule has 11 heavy (non-hydrogen) atoms. The van der Waals surface area contributed by atoms with Crippen LogP contribution in [0.4, 0.5) is 0 Å². The Labute approximate surface area is 66.9 Å². The predicted octanol–water partition coefficient (Wildman–Crippen LogP) is 0.979. The first-order valence-corrected chi connectivity index (χ1v) is 3.94. The fourth-order valence-corrected chi connectivity index (χ4v) is 0.987. The summed E-state index contributed by atoms with van der Waals surface area (Å²) >= 11 is 0. The Kier molecular flexibility index (Phi) is 2.83. The number of fused-ring (bicyclic) bond motifs is 1. The van der Waals surface area contributed by atoms with Crippen molar-refractivity contribution in [3.63, 3.8) is 0 Å². The van der Waals surface area contributed by atoms with E-state index in [4.69, 9.17) is 0 Å². The molecule has 0 amide bonds. The highest BCUT2D eigenvalue weighted by molar-refractivity contribution is 5.76. The fraction of sp³-hybridized carbons (Fsp3) is 0.500. The number of hydrogen-bond acceptors (Lipinski definition) is 3. The van der Waals surface area contributed by atoms with Gasteiger partial charge in [0.2, 0.25) is 0 Å². The molecular weight excluding hydrogens is 138 g/mol. The zero-order valence-electron chi connectivity index (χ0n) is 6.86. The van der Waals surface area contributed by atoms with Crippen molar-refractivity contribution in [1.82, 2.24) is 5.32 Å². The molecule has 0 fully saturated rings. The summed E-state index contributed by atoms with van der Waals surface area (Å²) in [5, 5.41) is 3.07. The van der Waals surface area contributed by atoms with Crippen molar-refractivity contribution in [3.05, 3.63) is 12.3 Å². The lowest BCUT2D eigenvalue weighted by Gasteiger charge is -2.11. The van der Waals surface area contributed by atoms with E-state index in [2.05, 4.69) is 15.3 Å². The van der Waals surface area contributed by atoms with Crippen LogP contribution in [0.1, 0.15) is 13.8 Å². The highest BCUT2D eigenvalue weighted by atomic mass is 15.1. The summed E-state index contributed by atoms with van der Waals surface area (Å²) in [5.41, 5.74) is 0.